The SMILES string of the molecule is CC#CCCNc1cccnc1[N+](=O)[O-]. The van der Waals surface area contributed by atoms with Crippen LogP contribution in [0.3, 0.4) is 0 Å². The van der Waals surface area contributed by atoms with Crippen molar-refractivity contribution in [2.24, 2.45) is 0 Å². The van der Waals surface area contributed by atoms with E-state index < -0.39 is 4.92 Å². The van der Waals surface area contributed by atoms with Crippen LogP contribution in [0.1, 0.15) is 13.3 Å². The molecule has 1 N–H and O–H groups in total. The third-order valence-corrected chi connectivity index (χ3v) is 1.70. The Labute approximate surface area is 87.7 Å². The van der Waals surface area contributed by atoms with Gasteiger partial charge in [0.25, 0.3) is 0 Å². The van der Waals surface area contributed by atoms with Crippen LogP contribution in [0, 0.1) is 22.0 Å². The molecule has 5 nitrogen and oxygen atoms in total. The fraction of sp³-hybridized carbons (Fsp3) is 0.300. The third-order valence-electron chi connectivity index (χ3n) is 1.70. The molecular formula is C10H11N3O2. The molecule has 0 aliphatic rings. The predicted molar refractivity (Wildman–Crippen MR) is 57.4 cm³/mol. The largest absolute Gasteiger partial charge is 0.386 e. The highest BCUT2D eigenvalue weighted by Crippen LogP contribution is 2.19. The molecule has 0 aliphatic heterocycles. The highest BCUT2D eigenvalue weighted by atomic mass is 16.6. The van der Waals surface area contributed by atoms with E-state index in [1.165, 1.54) is 6.20 Å². The summed E-state index contributed by atoms with van der Waals surface area (Å²) in [5.41, 5.74) is 0.431. The lowest BCUT2D eigenvalue weighted by atomic mass is 10.3. The van der Waals surface area contributed by atoms with Crippen LogP contribution in [0.25, 0.3) is 0 Å². The van der Waals surface area contributed by atoms with Gasteiger partial charge >= 0.3 is 5.82 Å². The van der Waals surface area contributed by atoms with Crippen molar-refractivity contribution in [3.8, 4) is 11.8 Å². The Morgan fingerprint density at radius 3 is 3.13 bits per heavy atom. The van der Waals surface area contributed by atoms with Gasteiger partial charge in [0, 0.05) is 13.0 Å². The van der Waals surface area contributed by atoms with E-state index in [1.807, 2.05) is 0 Å². The number of hydrogen-bond donors (Lipinski definition) is 1. The normalized spacial score (nSPS) is 8.87. The van der Waals surface area contributed by atoms with Crippen LogP contribution in [-0.4, -0.2) is 16.5 Å². The lowest BCUT2D eigenvalue weighted by Gasteiger charge is -2.03. The number of anilines is 1. The smallest absolute Gasteiger partial charge is 0.377 e. The molecule has 0 saturated heterocycles. The second-order valence-corrected chi connectivity index (χ2v) is 2.74. The average Bonchev–Trinajstić information content (AvgIpc) is 2.25. The first kappa shape index (κ1) is 11.0. The average molecular weight is 205 g/mol. The van der Waals surface area contributed by atoms with Gasteiger partial charge in [-0.3, -0.25) is 0 Å². The molecule has 0 atom stereocenters. The second kappa shape index (κ2) is 5.60. The van der Waals surface area contributed by atoms with Gasteiger partial charge in [0.05, 0.1) is 0 Å². The molecule has 1 heterocycles. The van der Waals surface area contributed by atoms with Gasteiger partial charge in [-0.2, -0.15) is 0 Å². The van der Waals surface area contributed by atoms with Gasteiger partial charge in [0.1, 0.15) is 11.9 Å². The first-order valence-electron chi connectivity index (χ1n) is 4.48. The number of nitro groups is 1. The van der Waals surface area contributed by atoms with Gasteiger partial charge in [-0.05, 0) is 29.0 Å². The first-order valence-corrected chi connectivity index (χ1v) is 4.48. The molecule has 0 amide bonds. The van der Waals surface area contributed by atoms with Gasteiger partial charge in [-0.1, -0.05) is 0 Å². The fourth-order valence-electron chi connectivity index (χ4n) is 1.07. The molecule has 1 aromatic heterocycles. The van der Waals surface area contributed by atoms with Crippen LogP contribution >= 0.6 is 0 Å². The molecule has 0 radical (unpaired) electrons. The van der Waals surface area contributed by atoms with E-state index >= 15 is 0 Å². The van der Waals surface area contributed by atoms with Crippen LogP contribution in [0.2, 0.25) is 0 Å². The third kappa shape index (κ3) is 3.27. The van der Waals surface area contributed by atoms with Crippen LogP contribution < -0.4 is 5.32 Å². The maximum atomic E-state index is 10.6. The zero-order valence-electron chi connectivity index (χ0n) is 8.36. The molecule has 1 aromatic rings. The summed E-state index contributed by atoms with van der Waals surface area (Å²) in [7, 11) is 0. The Balaban J connectivity index is 2.66. The van der Waals surface area contributed by atoms with Gasteiger partial charge in [-0.15, -0.1) is 11.8 Å². The Morgan fingerprint density at radius 2 is 2.47 bits per heavy atom. The molecule has 0 bridgehead atoms. The summed E-state index contributed by atoms with van der Waals surface area (Å²) in [6, 6.07) is 3.28. The van der Waals surface area contributed by atoms with Gasteiger partial charge < -0.3 is 15.4 Å². The Hall–Kier alpha value is -2.09. The van der Waals surface area contributed by atoms with Crippen LogP contribution in [0.4, 0.5) is 11.5 Å². The highest BCUT2D eigenvalue weighted by molar-refractivity contribution is 5.56. The zero-order valence-corrected chi connectivity index (χ0v) is 8.36. The maximum absolute atomic E-state index is 10.6. The summed E-state index contributed by atoms with van der Waals surface area (Å²) in [5.74, 6) is 5.47. The maximum Gasteiger partial charge on any atom is 0.386 e. The molecule has 5 heteroatoms. The summed E-state index contributed by atoms with van der Waals surface area (Å²) in [4.78, 5) is 13.8. The molecule has 15 heavy (non-hydrogen) atoms. The van der Waals surface area contributed by atoms with Crippen molar-refractivity contribution in [2.75, 3.05) is 11.9 Å². The zero-order chi connectivity index (χ0) is 11.1. The van der Waals surface area contributed by atoms with E-state index in [9.17, 15) is 10.1 Å². The minimum absolute atomic E-state index is 0.151. The summed E-state index contributed by atoms with van der Waals surface area (Å²) in [5, 5.41) is 13.5. The quantitative estimate of drug-likeness (QED) is 0.352. The lowest BCUT2D eigenvalue weighted by Crippen LogP contribution is -2.04. The molecule has 0 unspecified atom stereocenters. The number of rotatable bonds is 4. The molecule has 1 rings (SSSR count). The number of pyridine rings is 1. The lowest BCUT2D eigenvalue weighted by molar-refractivity contribution is -0.388. The van der Waals surface area contributed by atoms with E-state index in [2.05, 4.69) is 22.1 Å². The summed E-state index contributed by atoms with van der Waals surface area (Å²) >= 11 is 0. The van der Waals surface area contributed by atoms with E-state index in [4.69, 9.17) is 0 Å². The first-order chi connectivity index (χ1) is 7.25. The van der Waals surface area contributed by atoms with Crippen LogP contribution in [-0.2, 0) is 0 Å². The molecule has 0 aliphatic carbocycles. The van der Waals surface area contributed by atoms with Crippen molar-refractivity contribution in [2.45, 2.75) is 13.3 Å². The second-order valence-electron chi connectivity index (χ2n) is 2.74. The van der Waals surface area contributed by atoms with Crippen molar-refractivity contribution in [1.82, 2.24) is 4.98 Å². The summed E-state index contributed by atoms with van der Waals surface area (Å²) < 4.78 is 0. The molecule has 0 spiro atoms. The van der Waals surface area contributed by atoms with E-state index in [1.54, 1.807) is 19.1 Å². The van der Waals surface area contributed by atoms with Gasteiger partial charge in [0.15, 0.2) is 0 Å². The molecule has 0 saturated carbocycles. The van der Waals surface area contributed by atoms with E-state index in [0.29, 0.717) is 18.7 Å². The molecule has 78 valence electrons. The molecule has 0 aromatic carbocycles. The molecule has 0 fully saturated rings. The fourth-order valence-corrected chi connectivity index (χ4v) is 1.07. The van der Waals surface area contributed by atoms with Gasteiger partial charge in [-0.25, -0.2) is 0 Å². The Bertz CT molecular complexity index is 407. The monoisotopic (exact) mass is 205 g/mol. The van der Waals surface area contributed by atoms with E-state index in [0.717, 1.165) is 0 Å². The standard InChI is InChI=1S/C10H11N3O2/c1-2-3-4-7-11-9-6-5-8-12-10(9)13(14)15/h5-6,8,11H,4,7H2,1H3. The summed E-state index contributed by atoms with van der Waals surface area (Å²) in [6.45, 7) is 2.33. The summed E-state index contributed by atoms with van der Waals surface area (Å²) in [6.07, 6.45) is 2.05. The van der Waals surface area contributed by atoms with Crippen molar-refractivity contribution in [1.29, 1.82) is 0 Å². The minimum atomic E-state index is -0.506. The van der Waals surface area contributed by atoms with Crippen molar-refractivity contribution in [3.63, 3.8) is 0 Å². The van der Waals surface area contributed by atoms with Crippen LogP contribution in [0.15, 0.2) is 18.3 Å². The Kier molecular flexibility index (Phi) is 4.10. The minimum Gasteiger partial charge on any atom is -0.377 e. The Morgan fingerprint density at radius 1 is 1.67 bits per heavy atom. The van der Waals surface area contributed by atoms with Crippen molar-refractivity contribution >= 4 is 11.5 Å². The van der Waals surface area contributed by atoms with E-state index in [-0.39, 0.29) is 5.82 Å². The van der Waals surface area contributed by atoms with Crippen molar-refractivity contribution < 1.29 is 4.92 Å². The number of hydrogen-bond acceptors (Lipinski definition) is 4. The van der Waals surface area contributed by atoms with Crippen molar-refractivity contribution in [3.05, 3.63) is 28.4 Å². The topological polar surface area (TPSA) is 68.1 Å². The number of nitrogens with one attached hydrogen (secondary N) is 1. The number of nitrogens with zero attached hydrogens (tertiary/aromatic N) is 2. The molecular weight excluding hydrogens is 194 g/mol. The number of aromatic nitrogens is 1. The predicted octanol–water partition coefficient (Wildman–Crippen LogP) is 1.82. The van der Waals surface area contributed by atoms with Gasteiger partial charge in [0.2, 0.25) is 0 Å². The van der Waals surface area contributed by atoms with Crippen LogP contribution in [0.5, 0.6) is 0 Å². The highest BCUT2D eigenvalue weighted by Gasteiger charge is 2.12.